The van der Waals surface area contributed by atoms with Gasteiger partial charge >= 0.3 is 0 Å². The van der Waals surface area contributed by atoms with Crippen LogP contribution in [0.1, 0.15) is 0 Å². The Labute approximate surface area is 68.7 Å². The van der Waals surface area contributed by atoms with Gasteiger partial charge in [0.15, 0.2) is 0 Å². The number of para-hydroxylation sites is 1. The van der Waals surface area contributed by atoms with Gasteiger partial charge in [0.2, 0.25) is 6.08 Å². The average molecular weight is 172 g/mol. The molecule has 0 saturated carbocycles. The molecule has 0 spiro atoms. The van der Waals surface area contributed by atoms with Gasteiger partial charge in [-0.05, 0) is 12.1 Å². The van der Waals surface area contributed by atoms with E-state index >= 15 is 0 Å². The van der Waals surface area contributed by atoms with Gasteiger partial charge in [-0.25, -0.2) is 10.2 Å². The summed E-state index contributed by atoms with van der Waals surface area (Å²) in [6.45, 7) is 0. The molecule has 58 valence electrons. The summed E-state index contributed by atoms with van der Waals surface area (Å²) in [5, 5.41) is 14.6. The number of hydrogen-bond acceptors (Lipinski definition) is 3. The van der Waals surface area contributed by atoms with E-state index in [-0.39, 0.29) is 5.75 Å². The van der Waals surface area contributed by atoms with Crippen molar-refractivity contribution in [3.63, 3.8) is 0 Å². The Balaban J connectivity index is 0.000000292. The molecule has 0 unspecified atom stereocenters. The Morgan fingerprint density at radius 2 is 1.91 bits per heavy atom. The minimum absolute atomic E-state index is 0.133. The van der Waals surface area contributed by atoms with Crippen LogP contribution in [0.2, 0.25) is 5.02 Å². The van der Waals surface area contributed by atoms with E-state index in [1.807, 2.05) is 0 Å². The molecular formula is C7H6ClNO2. The minimum atomic E-state index is 0.133. The first-order valence-corrected chi connectivity index (χ1v) is 3.07. The predicted molar refractivity (Wildman–Crippen MR) is 41.5 cm³/mol. The molecule has 4 heteroatoms. The highest BCUT2D eigenvalue weighted by Crippen LogP contribution is 2.20. The van der Waals surface area contributed by atoms with E-state index in [1.165, 1.54) is 0 Å². The van der Waals surface area contributed by atoms with Crippen molar-refractivity contribution in [2.75, 3.05) is 0 Å². The van der Waals surface area contributed by atoms with Crippen molar-refractivity contribution in [3.8, 4) is 5.75 Å². The van der Waals surface area contributed by atoms with E-state index in [0.717, 1.165) is 6.08 Å². The van der Waals surface area contributed by atoms with E-state index in [0.29, 0.717) is 5.02 Å². The summed E-state index contributed by atoms with van der Waals surface area (Å²) >= 11 is 5.46. The summed E-state index contributed by atoms with van der Waals surface area (Å²) in [6.07, 6.45) is 0.750. The molecule has 3 nitrogen and oxygen atoms in total. The third-order valence-electron chi connectivity index (χ3n) is 0.852. The van der Waals surface area contributed by atoms with Crippen LogP contribution < -0.4 is 0 Å². The van der Waals surface area contributed by atoms with Crippen LogP contribution in [0.25, 0.3) is 0 Å². The van der Waals surface area contributed by atoms with Crippen molar-refractivity contribution >= 4 is 17.7 Å². The second-order valence-electron chi connectivity index (χ2n) is 1.55. The van der Waals surface area contributed by atoms with Crippen LogP contribution in [-0.2, 0) is 4.79 Å². The Morgan fingerprint density at radius 3 is 2.18 bits per heavy atom. The van der Waals surface area contributed by atoms with Gasteiger partial charge in [-0.3, -0.25) is 0 Å². The SMILES string of the molecule is N=C=O.Oc1ccccc1Cl. The lowest BCUT2D eigenvalue weighted by Gasteiger charge is -1.89. The molecule has 0 bridgehead atoms. The summed E-state index contributed by atoms with van der Waals surface area (Å²) in [6, 6.07) is 6.67. The normalized spacial score (nSPS) is 7.36. The first-order valence-electron chi connectivity index (χ1n) is 2.69. The molecule has 0 atom stereocenters. The van der Waals surface area contributed by atoms with Crippen molar-refractivity contribution in [3.05, 3.63) is 29.3 Å². The summed E-state index contributed by atoms with van der Waals surface area (Å²) in [5.41, 5.74) is 0. The molecule has 1 aromatic rings. The molecule has 0 radical (unpaired) electrons. The summed E-state index contributed by atoms with van der Waals surface area (Å²) in [5.74, 6) is 0.133. The van der Waals surface area contributed by atoms with Gasteiger partial charge in [0.05, 0.1) is 5.02 Å². The van der Waals surface area contributed by atoms with Gasteiger partial charge in [0.25, 0.3) is 0 Å². The first-order chi connectivity index (χ1) is 5.22. The van der Waals surface area contributed by atoms with Crippen molar-refractivity contribution in [2.24, 2.45) is 0 Å². The van der Waals surface area contributed by atoms with Crippen LogP contribution in [-0.4, -0.2) is 11.2 Å². The molecular weight excluding hydrogens is 166 g/mol. The minimum Gasteiger partial charge on any atom is -0.506 e. The van der Waals surface area contributed by atoms with Crippen molar-refractivity contribution in [2.45, 2.75) is 0 Å². The molecule has 1 rings (SSSR count). The fourth-order valence-corrected chi connectivity index (χ4v) is 0.587. The maximum Gasteiger partial charge on any atom is 0.231 e. The van der Waals surface area contributed by atoms with Gasteiger partial charge in [-0.15, -0.1) is 0 Å². The average Bonchev–Trinajstić information content (AvgIpc) is 1.97. The third-order valence-corrected chi connectivity index (χ3v) is 1.17. The zero-order valence-electron chi connectivity index (χ0n) is 5.54. The zero-order chi connectivity index (χ0) is 8.69. The Morgan fingerprint density at radius 1 is 1.45 bits per heavy atom. The maximum absolute atomic E-state index is 8.79. The zero-order valence-corrected chi connectivity index (χ0v) is 6.30. The lowest BCUT2D eigenvalue weighted by Crippen LogP contribution is -1.62. The summed E-state index contributed by atoms with van der Waals surface area (Å²) in [4.78, 5) is 8.35. The molecule has 0 aliphatic heterocycles. The highest BCUT2D eigenvalue weighted by atomic mass is 35.5. The molecule has 11 heavy (non-hydrogen) atoms. The van der Waals surface area contributed by atoms with Crippen LogP contribution in [0.3, 0.4) is 0 Å². The molecule has 0 heterocycles. The van der Waals surface area contributed by atoms with Gasteiger partial charge in [0.1, 0.15) is 5.75 Å². The van der Waals surface area contributed by atoms with Crippen molar-refractivity contribution in [1.29, 1.82) is 5.41 Å². The van der Waals surface area contributed by atoms with Crippen LogP contribution in [0.15, 0.2) is 24.3 Å². The van der Waals surface area contributed by atoms with Crippen LogP contribution in [0.5, 0.6) is 5.75 Å². The number of phenolic OH excluding ortho intramolecular Hbond substituents is 1. The first kappa shape index (κ1) is 9.69. The smallest absolute Gasteiger partial charge is 0.231 e. The van der Waals surface area contributed by atoms with E-state index in [4.69, 9.17) is 26.9 Å². The Bertz CT molecular complexity index is 235. The quantitative estimate of drug-likeness (QED) is 0.463. The van der Waals surface area contributed by atoms with Gasteiger partial charge < -0.3 is 5.11 Å². The Hall–Kier alpha value is -1.31. The molecule has 0 amide bonds. The number of benzene rings is 1. The largest absolute Gasteiger partial charge is 0.506 e. The number of rotatable bonds is 0. The van der Waals surface area contributed by atoms with E-state index in [9.17, 15) is 0 Å². The van der Waals surface area contributed by atoms with E-state index in [2.05, 4.69) is 0 Å². The number of nitrogens with one attached hydrogen (secondary N) is 1. The van der Waals surface area contributed by atoms with Crippen molar-refractivity contribution < 1.29 is 9.90 Å². The molecule has 0 aromatic heterocycles. The highest BCUT2D eigenvalue weighted by molar-refractivity contribution is 6.31. The number of carbonyl (C=O) groups excluding carboxylic acids is 1. The van der Waals surface area contributed by atoms with Crippen LogP contribution in [0, 0.1) is 5.41 Å². The van der Waals surface area contributed by atoms with E-state index in [1.54, 1.807) is 24.3 Å². The second-order valence-corrected chi connectivity index (χ2v) is 1.96. The number of isocyanates is 1. The van der Waals surface area contributed by atoms with Crippen molar-refractivity contribution in [1.82, 2.24) is 0 Å². The molecule has 2 N–H and O–H groups in total. The highest BCUT2D eigenvalue weighted by Gasteiger charge is 1.89. The molecule has 0 aliphatic carbocycles. The third kappa shape index (κ3) is 4.14. The maximum atomic E-state index is 8.79. The fourth-order valence-electron chi connectivity index (χ4n) is 0.452. The van der Waals surface area contributed by atoms with Gasteiger partial charge in [0, 0.05) is 0 Å². The number of aromatic hydroxyl groups is 1. The lowest BCUT2D eigenvalue weighted by atomic mass is 10.3. The van der Waals surface area contributed by atoms with Crippen LogP contribution >= 0.6 is 11.6 Å². The molecule has 0 aliphatic rings. The summed E-state index contributed by atoms with van der Waals surface area (Å²) < 4.78 is 0. The number of halogens is 1. The lowest BCUT2D eigenvalue weighted by molar-refractivity contribution is 0.475. The number of hydrogen-bond donors (Lipinski definition) is 2. The van der Waals surface area contributed by atoms with Crippen LogP contribution in [0.4, 0.5) is 0 Å². The number of phenols is 1. The second kappa shape index (κ2) is 5.47. The Kier molecular flexibility index (Phi) is 4.82. The molecule has 1 aromatic carbocycles. The van der Waals surface area contributed by atoms with Gasteiger partial charge in [-0.2, -0.15) is 0 Å². The predicted octanol–water partition coefficient (Wildman–Crippen LogP) is 1.95. The van der Waals surface area contributed by atoms with Gasteiger partial charge in [-0.1, -0.05) is 23.7 Å². The monoisotopic (exact) mass is 171 g/mol. The van der Waals surface area contributed by atoms with E-state index < -0.39 is 0 Å². The summed E-state index contributed by atoms with van der Waals surface area (Å²) in [7, 11) is 0. The molecule has 0 fully saturated rings. The fraction of sp³-hybridized carbons (Fsp3) is 0. The standard InChI is InChI=1S/C6H5ClO.CHNO/c7-5-3-1-2-4-6(5)8;2-1-3/h1-4,8H;2H. The molecule has 0 saturated heterocycles. The topological polar surface area (TPSA) is 61.2 Å².